The Morgan fingerprint density at radius 3 is 2.87 bits per heavy atom. The van der Waals surface area contributed by atoms with Gasteiger partial charge in [0.15, 0.2) is 0 Å². The summed E-state index contributed by atoms with van der Waals surface area (Å²) in [5.74, 6) is 0.565. The molecule has 0 radical (unpaired) electrons. The van der Waals surface area contributed by atoms with E-state index in [0.717, 1.165) is 31.1 Å². The number of carbonyl (C=O) groups is 1. The Bertz CT molecular complexity index is 208. The highest BCUT2D eigenvalue weighted by molar-refractivity contribution is 9.09. The summed E-state index contributed by atoms with van der Waals surface area (Å²) in [5, 5.41) is 0.928. The van der Waals surface area contributed by atoms with Crippen molar-refractivity contribution >= 4 is 21.8 Å². The van der Waals surface area contributed by atoms with Gasteiger partial charge in [-0.1, -0.05) is 36.2 Å². The van der Waals surface area contributed by atoms with E-state index in [2.05, 4.69) is 34.7 Å². The lowest BCUT2D eigenvalue weighted by atomic mass is 9.99. The molecule has 2 nitrogen and oxygen atoms in total. The third-order valence-electron chi connectivity index (χ3n) is 3.23. The van der Waals surface area contributed by atoms with Crippen LogP contribution >= 0.6 is 15.9 Å². The lowest BCUT2D eigenvalue weighted by Crippen LogP contribution is -2.46. The van der Waals surface area contributed by atoms with Gasteiger partial charge in [-0.25, -0.2) is 0 Å². The van der Waals surface area contributed by atoms with Crippen LogP contribution in [0.3, 0.4) is 0 Å². The number of hydrogen-bond donors (Lipinski definition) is 0. The monoisotopic (exact) mass is 275 g/mol. The van der Waals surface area contributed by atoms with Crippen LogP contribution in [-0.4, -0.2) is 28.7 Å². The van der Waals surface area contributed by atoms with Crippen molar-refractivity contribution in [1.82, 2.24) is 4.90 Å². The minimum atomic E-state index is 0.203. The maximum absolute atomic E-state index is 12.2. The van der Waals surface area contributed by atoms with E-state index in [1.165, 1.54) is 12.8 Å². The molecule has 0 spiro atoms. The van der Waals surface area contributed by atoms with E-state index in [1.807, 2.05) is 0 Å². The number of hydrogen-bond acceptors (Lipinski definition) is 1. The third kappa shape index (κ3) is 3.47. The molecule has 1 saturated heterocycles. The number of alkyl halides is 1. The largest absolute Gasteiger partial charge is 0.339 e. The molecule has 1 aliphatic heterocycles. The van der Waals surface area contributed by atoms with E-state index in [1.54, 1.807) is 0 Å². The number of likely N-dealkylation sites (tertiary alicyclic amines) is 1. The molecule has 0 saturated carbocycles. The Hall–Kier alpha value is -0.0500. The van der Waals surface area contributed by atoms with E-state index < -0.39 is 0 Å². The lowest BCUT2D eigenvalue weighted by Gasteiger charge is -2.36. The molecule has 88 valence electrons. The van der Waals surface area contributed by atoms with Crippen molar-refractivity contribution in [3.05, 3.63) is 0 Å². The highest BCUT2D eigenvalue weighted by Crippen LogP contribution is 2.22. The summed E-state index contributed by atoms with van der Waals surface area (Å²) >= 11 is 3.51. The number of rotatable bonds is 4. The van der Waals surface area contributed by atoms with Gasteiger partial charge in [-0.05, 0) is 25.7 Å². The molecule has 3 heteroatoms. The van der Waals surface area contributed by atoms with Crippen molar-refractivity contribution in [3.8, 4) is 0 Å². The summed E-state index contributed by atoms with van der Waals surface area (Å²) < 4.78 is 0. The van der Waals surface area contributed by atoms with Crippen LogP contribution in [0.2, 0.25) is 0 Å². The summed E-state index contributed by atoms with van der Waals surface area (Å²) in [4.78, 5) is 14.3. The van der Waals surface area contributed by atoms with Gasteiger partial charge < -0.3 is 4.90 Å². The van der Waals surface area contributed by atoms with Crippen molar-refractivity contribution in [2.75, 3.05) is 11.9 Å². The number of nitrogens with zero attached hydrogens (tertiary/aromatic N) is 1. The molecule has 2 unspecified atom stereocenters. The van der Waals surface area contributed by atoms with Gasteiger partial charge in [-0.2, -0.15) is 0 Å². The predicted molar refractivity (Wildman–Crippen MR) is 67.2 cm³/mol. The number of piperidine rings is 1. The van der Waals surface area contributed by atoms with Gasteiger partial charge in [0.25, 0.3) is 0 Å². The second kappa shape index (κ2) is 6.51. The Morgan fingerprint density at radius 2 is 2.27 bits per heavy atom. The van der Waals surface area contributed by atoms with Gasteiger partial charge in [0.2, 0.25) is 5.91 Å². The van der Waals surface area contributed by atoms with Gasteiger partial charge >= 0.3 is 0 Å². The van der Waals surface area contributed by atoms with Crippen molar-refractivity contribution in [2.45, 2.75) is 52.0 Å². The molecule has 0 bridgehead atoms. The van der Waals surface area contributed by atoms with Crippen LogP contribution in [0.5, 0.6) is 0 Å². The molecule has 1 aliphatic rings. The van der Waals surface area contributed by atoms with E-state index >= 15 is 0 Å². The van der Waals surface area contributed by atoms with Gasteiger partial charge in [-0.15, -0.1) is 0 Å². The van der Waals surface area contributed by atoms with Crippen molar-refractivity contribution < 1.29 is 4.79 Å². The molecule has 0 aromatic heterocycles. The molecule has 1 heterocycles. The van der Waals surface area contributed by atoms with Crippen LogP contribution in [0.4, 0.5) is 0 Å². The highest BCUT2D eigenvalue weighted by Gasteiger charge is 2.28. The molecular weight excluding hydrogens is 254 g/mol. The third-order valence-corrected chi connectivity index (χ3v) is 3.98. The smallest absolute Gasteiger partial charge is 0.225 e. The molecule has 1 fully saturated rings. The fraction of sp³-hybridized carbons (Fsp3) is 0.917. The first kappa shape index (κ1) is 13.0. The highest BCUT2D eigenvalue weighted by atomic mass is 79.9. The zero-order valence-electron chi connectivity index (χ0n) is 9.84. The normalized spacial score (nSPS) is 23.9. The van der Waals surface area contributed by atoms with Crippen LogP contribution in [0.15, 0.2) is 0 Å². The summed E-state index contributed by atoms with van der Waals surface area (Å²) in [6, 6.07) is 0.436. The van der Waals surface area contributed by atoms with E-state index in [4.69, 9.17) is 0 Å². The number of halogens is 1. The van der Waals surface area contributed by atoms with Crippen LogP contribution in [0.25, 0.3) is 0 Å². The first-order valence-electron chi connectivity index (χ1n) is 6.07. The average Bonchev–Trinajstić information content (AvgIpc) is 2.28. The van der Waals surface area contributed by atoms with E-state index in [0.29, 0.717) is 11.9 Å². The zero-order valence-corrected chi connectivity index (χ0v) is 11.4. The minimum Gasteiger partial charge on any atom is -0.339 e. The summed E-state index contributed by atoms with van der Waals surface area (Å²) in [6.45, 7) is 5.16. The Kier molecular flexibility index (Phi) is 5.65. The average molecular weight is 276 g/mol. The van der Waals surface area contributed by atoms with Crippen molar-refractivity contribution in [2.24, 2.45) is 5.92 Å². The number of carbonyl (C=O) groups excluding carboxylic acids is 1. The summed E-state index contributed by atoms with van der Waals surface area (Å²) in [6.07, 6.45) is 5.72. The topological polar surface area (TPSA) is 20.3 Å². The Labute approximate surface area is 102 Å². The van der Waals surface area contributed by atoms with Gasteiger partial charge in [0, 0.05) is 23.8 Å². The minimum absolute atomic E-state index is 0.203. The van der Waals surface area contributed by atoms with Crippen molar-refractivity contribution in [3.63, 3.8) is 0 Å². The summed E-state index contributed by atoms with van der Waals surface area (Å²) in [7, 11) is 0. The molecule has 0 N–H and O–H groups in total. The van der Waals surface area contributed by atoms with E-state index in [9.17, 15) is 4.79 Å². The van der Waals surface area contributed by atoms with Crippen LogP contribution in [0, 0.1) is 5.92 Å². The van der Waals surface area contributed by atoms with Gasteiger partial charge in [-0.3, -0.25) is 4.79 Å². The van der Waals surface area contributed by atoms with Crippen LogP contribution in [-0.2, 0) is 4.79 Å². The molecule has 0 aliphatic carbocycles. The van der Waals surface area contributed by atoms with Crippen LogP contribution in [0.1, 0.15) is 46.0 Å². The second-order valence-corrected chi connectivity index (χ2v) is 5.17. The molecule has 1 rings (SSSR count). The standard InChI is InChI=1S/C12H22BrNO/c1-3-6-10(2)12(15)14-8-5-4-7-11(14)9-13/h10-11H,3-9H2,1-2H3. The SMILES string of the molecule is CCCC(C)C(=O)N1CCCCC1CBr. The Balaban J connectivity index is 2.55. The second-order valence-electron chi connectivity index (χ2n) is 4.53. The molecular formula is C12H22BrNO. The quantitative estimate of drug-likeness (QED) is 0.722. The Morgan fingerprint density at radius 1 is 1.53 bits per heavy atom. The maximum atomic E-state index is 12.2. The summed E-state index contributed by atoms with van der Waals surface area (Å²) in [5.41, 5.74) is 0. The lowest BCUT2D eigenvalue weighted by molar-refractivity contribution is -0.138. The fourth-order valence-corrected chi connectivity index (χ4v) is 2.96. The molecule has 15 heavy (non-hydrogen) atoms. The van der Waals surface area contributed by atoms with Crippen molar-refractivity contribution in [1.29, 1.82) is 0 Å². The zero-order chi connectivity index (χ0) is 11.3. The fourth-order valence-electron chi connectivity index (χ4n) is 2.29. The molecule has 2 atom stereocenters. The van der Waals surface area contributed by atoms with E-state index in [-0.39, 0.29) is 5.92 Å². The van der Waals surface area contributed by atoms with Crippen LogP contribution < -0.4 is 0 Å². The van der Waals surface area contributed by atoms with Gasteiger partial charge in [0.05, 0.1) is 0 Å². The molecule has 0 aromatic rings. The predicted octanol–water partition coefficient (Wildman–Crippen LogP) is 3.20. The first-order chi connectivity index (χ1) is 7.20. The first-order valence-corrected chi connectivity index (χ1v) is 7.19. The molecule has 1 amide bonds. The van der Waals surface area contributed by atoms with Gasteiger partial charge in [0.1, 0.15) is 0 Å². The maximum Gasteiger partial charge on any atom is 0.225 e. The number of amides is 1. The molecule has 0 aromatic carbocycles.